The average Bonchev–Trinajstić information content (AvgIpc) is 2.49. The highest BCUT2D eigenvalue weighted by molar-refractivity contribution is 6.01. The van der Waals surface area contributed by atoms with Gasteiger partial charge < -0.3 is 15.5 Å². The Kier molecular flexibility index (Phi) is 7.13. The fourth-order valence-electron chi connectivity index (χ4n) is 1.75. The monoisotopic (exact) mass is 296 g/mol. The number of ether oxygens (including phenoxy) is 1. The number of nitrogens with two attached hydrogens (primary N) is 1. The third-order valence-electron chi connectivity index (χ3n) is 2.73. The summed E-state index contributed by atoms with van der Waals surface area (Å²) in [5.41, 5.74) is 2.12. The van der Waals surface area contributed by atoms with Crippen molar-refractivity contribution in [1.82, 2.24) is 5.32 Å². The van der Waals surface area contributed by atoms with Crippen LogP contribution in [0.3, 0.4) is 0 Å². The maximum atomic E-state index is 12.0. The molecule has 0 saturated heterocycles. The molecule has 1 aromatic carbocycles. The van der Waals surface area contributed by atoms with Crippen molar-refractivity contribution in [2.75, 3.05) is 25.2 Å². The molecule has 0 aromatic heterocycles. The van der Waals surface area contributed by atoms with Gasteiger partial charge in [0.05, 0.1) is 10.5 Å². The predicted molar refractivity (Wildman–Crippen MR) is 79.0 cm³/mol. The van der Waals surface area contributed by atoms with Crippen LogP contribution in [0, 0.1) is 10.1 Å². The van der Waals surface area contributed by atoms with E-state index in [4.69, 9.17) is 10.6 Å². The lowest BCUT2D eigenvalue weighted by Crippen LogP contribution is -2.27. The van der Waals surface area contributed by atoms with Crippen molar-refractivity contribution in [2.45, 2.75) is 19.8 Å². The number of nitro benzene ring substituents is 1. The molecule has 0 atom stereocenters. The van der Waals surface area contributed by atoms with Gasteiger partial charge in [0, 0.05) is 25.8 Å². The van der Waals surface area contributed by atoms with Crippen molar-refractivity contribution in [3.8, 4) is 0 Å². The van der Waals surface area contributed by atoms with Crippen LogP contribution in [-0.2, 0) is 4.74 Å². The Morgan fingerprint density at radius 1 is 1.43 bits per heavy atom. The number of nitrogens with zero attached hydrogens (tertiary/aromatic N) is 1. The molecule has 0 radical (unpaired) electrons. The number of carbonyl (C=O) groups excluding carboxylic acids is 1. The average molecular weight is 296 g/mol. The molecule has 21 heavy (non-hydrogen) atoms. The van der Waals surface area contributed by atoms with Gasteiger partial charge in [-0.15, -0.1) is 0 Å². The Morgan fingerprint density at radius 3 is 2.81 bits per heavy atom. The number of anilines is 1. The van der Waals surface area contributed by atoms with E-state index in [9.17, 15) is 14.9 Å². The van der Waals surface area contributed by atoms with Crippen molar-refractivity contribution in [3.05, 3.63) is 33.9 Å². The van der Waals surface area contributed by atoms with Crippen molar-refractivity contribution in [3.63, 3.8) is 0 Å². The fourth-order valence-corrected chi connectivity index (χ4v) is 1.75. The van der Waals surface area contributed by atoms with Gasteiger partial charge >= 0.3 is 0 Å². The molecule has 8 nitrogen and oxygen atoms in total. The molecule has 0 spiro atoms. The Bertz CT molecular complexity index is 493. The Balaban J connectivity index is 2.62. The number of nitrogens with one attached hydrogen (secondary N) is 2. The molecule has 8 heteroatoms. The molecule has 1 amide bonds. The van der Waals surface area contributed by atoms with E-state index in [1.807, 2.05) is 6.92 Å². The smallest absolute Gasteiger partial charge is 0.294 e. The summed E-state index contributed by atoms with van der Waals surface area (Å²) in [6.45, 7) is 3.70. The van der Waals surface area contributed by atoms with Gasteiger partial charge in [-0.25, -0.2) is 0 Å². The SMILES string of the molecule is CCCOCCCNC(=O)c1cccc([N+](=O)[O-])c1NN. The zero-order valence-corrected chi connectivity index (χ0v) is 11.9. The molecule has 0 heterocycles. The summed E-state index contributed by atoms with van der Waals surface area (Å²) < 4.78 is 5.29. The molecule has 0 fully saturated rings. The topological polar surface area (TPSA) is 120 Å². The zero-order valence-electron chi connectivity index (χ0n) is 11.9. The summed E-state index contributed by atoms with van der Waals surface area (Å²) >= 11 is 0. The van der Waals surface area contributed by atoms with Crippen LogP contribution in [0.15, 0.2) is 18.2 Å². The highest BCUT2D eigenvalue weighted by atomic mass is 16.6. The molecule has 0 aliphatic carbocycles. The molecule has 0 aliphatic heterocycles. The lowest BCUT2D eigenvalue weighted by molar-refractivity contribution is -0.384. The van der Waals surface area contributed by atoms with Gasteiger partial charge in [-0.05, 0) is 18.9 Å². The first kappa shape index (κ1) is 16.9. The molecule has 0 aliphatic rings. The van der Waals surface area contributed by atoms with Crippen LogP contribution in [0.2, 0.25) is 0 Å². The maximum Gasteiger partial charge on any atom is 0.294 e. The first-order chi connectivity index (χ1) is 10.1. The molecule has 1 aromatic rings. The number of hydrogen-bond acceptors (Lipinski definition) is 6. The van der Waals surface area contributed by atoms with E-state index >= 15 is 0 Å². The Hall–Kier alpha value is -2.19. The lowest BCUT2D eigenvalue weighted by atomic mass is 10.1. The van der Waals surface area contributed by atoms with Crippen LogP contribution >= 0.6 is 0 Å². The summed E-state index contributed by atoms with van der Waals surface area (Å²) in [6.07, 6.45) is 1.62. The quantitative estimate of drug-likeness (QED) is 0.274. The minimum absolute atomic E-state index is 0.00207. The number of amides is 1. The van der Waals surface area contributed by atoms with Gasteiger partial charge in [0.15, 0.2) is 0 Å². The third kappa shape index (κ3) is 5.01. The van der Waals surface area contributed by atoms with Gasteiger partial charge in [-0.1, -0.05) is 13.0 Å². The number of hydrogen-bond donors (Lipinski definition) is 3. The summed E-state index contributed by atoms with van der Waals surface area (Å²) in [6, 6.07) is 4.20. The number of para-hydroxylation sites is 1. The lowest BCUT2D eigenvalue weighted by Gasteiger charge is -2.10. The number of hydrazine groups is 1. The van der Waals surface area contributed by atoms with E-state index < -0.39 is 10.8 Å². The molecule has 0 bridgehead atoms. The van der Waals surface area contributed by atoms with E-state index in [2.05, 4.69) is 10.7 Å². The van der Waals surface area contributed by atoms with E-state index in [0.717, 1.165) is 6.42 Å². The number of rotatable bonds is 9. The molecule has 116 valence electrons. The third-order valence-corrected chi connectivity index (χ3v) is 2.73. The molecular weight excluding hydrogens is 276 g/mol. The normalized spacial score (nSPS) is 10.2. The number of carbonyl (C=O) groups is 1. The highest BCUT2D eigenvalue weighted by Gasteiger charge is 2.20. The zero-order chi connectivity index (χ0) is 15.7. The Labute approximate surface area is 122 Å². The highest BCUT2D eigenvalue weighted by Crippen LogP contribution is 2.27. The van der Waals surface area contributed by atoms with Crippen LogP contribution in [0.1, 0.15) is 30.1 Å². The summed E-state index contributed by atoms with van der Waals surface area (Å²) in [4.78, 5) is 22.3. The molecule has 0 unspecified atom stereocenters. The minimum atomic E-state index is -0.593. The largest absolute Gasteiger partial charge is 0.381 e. The summed E-state index contributed by atoms with van der Waals surface area (Å²) in [5, 5.41) is 13.6. The number of benzene rings is 1. The molecule has 1 rings (SSSR count). The molecular formula is C13H20N4O4. The van der Waals surface area contributed by atoms with Crippen molar-refractivity contribution >= 4 is 17.3 Å². The van der Waals surface area contributed by atoms with Crippen molar-refractivity contribution < 1.29 is 14.5 Å². The van der Waals surface area contributed by atoms with Gasteiger partial charge in [0.2, 0.25) is 0 Å². The molecule has 4 N–H and O–H groups in total. The number of nitro groups is 1. The van der Waals surface area contributed by atoms with E-state index in [1.165, 1.54) is 18.2 Å². The Morgan fingerprint density at radius 2 is 2.19 bits per heavy atom. The molecule has 0 saturated carbocycles. The second kappa shape index (κ2) is 8.88. The second-order valence-corrected chi connectivity index (χ2v) is 4.32. The van der Waals surface area contributed by atoms with Crippen LogP contribution in [0.25, 0.3) is 0 Å². The van der Waals surface area contributed by atoms with E-state index in [1.54, 1.807) is 0 Å². The minimum Gasteiger partial charge on any atom is -0.381 e. The van der Waals surface area contributed by atoms with Gasteiger partial charge in [0.1, 0.15) is 5.69 Å². The summed E-state index contributed by atoms with van der Waals surface area (Å²) in [7, 11) is 0. The van der Waals surface area contributed by atoms with Crippen LogP contribution < -0.4 is 16.6 Å². The second-order valence-electron chi connectivity index (χ2n) is 4.32. The van der Waals surface area contributed by atoms with Crippen molar-refractivity contribution in [2.24, 2.45) is 5.84 Å². The first-order valence-corrected chi connectivity index (χ1v) is 6.71. The fraction of sp³-hybridized carbons (Fsp3) is 0.462. The van der Waals surface area contributed by atoms with Crippen molar-refractivity contribution in [1.29, 1.82) is 0 Å². The van der Waals surface area contributed by atoms with Gasteiger partial charge in [-0.3, -0.25) is 20.8 Å². The number of nitrogen functional groups attached to an aromatic ring is 1. The van der Waals surface area contributed by atoms with Gasteiger partial charge in [-0.2, -0.15) is 0 Å². The van der Waals surface area contributed by atoms with Crippen LogP contribution in [-0.4, -0.2) is 30.6 Å². The standard InChI is InChI=1S/C13H20N4O4/c1-2-8-21-9-4-7-15-13(18)10-5-3-6-11(17(19)20)12(10)16-14/h3,5-6,16H,2,4,7-9,14H2,1H3,(H,15,18). The van der Waals surface area contributed by atoms with E-state index in [0.29, 0.717) is 26.2 Å². The van der Waals surface area contributed by atoms with E-state index in [-0.39, 0.29) is 16.9 Å². The van der Waals surface area contributed by atoms with Crippen LogP contribution in [0.5, 0.6) is 0 Å². The van der Waals surface area contributed by atoms with Crippen LogP contribution in [0.4, 0.5) is 11.4 Å². The first-order valence-electron chi connectivity index (χ1n) is 6.71. The predicted octanol–water partition coefficient (Wildman–Crippen LogP) is 1.43. The summed E-state index contributed by atoms with van der Waals surface area (Å²) in [5.74, 6) is 4.87. The maximum absolute atomic E-state index is 12.0. The van der Waals surface area contributed by atoms with Gasteiger partial charge in [0.25, 0.3) is 11.6 Å².